The van der Waals surface area contributed by atoms with Gasteiger partial charge in [0.2, 0.25) is 0 Å². The Labute approximate surface area is 85.1 Å². The normalized spacial score (nSPS) is 11.2. The van der Waals surface area contributed by atoms with Crippen LogP contribution in [-0.4, -0.2) is 4.98 Å². The topological polar surface area (TPSA) is 26.0 Å². The minimum absolute atomic E-state index is 0.493. The van der Waals surface area contributed by atoms with Crippen molar-refractivity contribution in [3.63, 3.8) is 0 Å². The van der Waals surface area contributed by atoms with Crippen molar-refractivity contribution in [1.82, 2.24) is 4.98 Å². The van der Waals surface area contributed by atoms with E-state index >= 15 is 0 Å². The van der Waals surface area contributed by atoms with Crippen molar-refractivity contribution >= 4 is 33.5 Å². The van der Waals surface area contributed by atoms with Crippen LogP contribution >= 0.6 is 11.6 Å². The highest BCUT2D eigenvalue weighted by atomic mass is 35.5. The van der Waals surface area contributed by atoms with E-state index in [1.807, 2.05) is 30.3 Å². The van der Waals surface area contributed by atoms with E-state index < -0.39 is 0 Å². The third kappa shape index (κ3) is 0.946. The molecule has 3 heteroatoms. The predicted octanol–water partition coefficient (Wildman–Crippen LogP) is 3.63. The van der Waals surface area contributed by atoms with Gasteiger partial charge in [0, 0.05) is 5.39 Å². The lowest BCUT2D eigenvalue weighted by Crippen LogP contribution is -1.80. The molecule has 0 saturated carbocycles. The molecule has 0 aliphatic carbocycles. The van der Waals surface area contributed by atoms with Gasteiger partial charge in [0.05, 0.1) is 17.2 Å². The molecule has 1 aromatic carbocycles. The van der Waals surface area contributed by atoms with E-state index in [-0.39, 0.29) is 0 Å². The van der Waals surface area contributed by atoms with Crippen LogP contribution in [0.25, 0.3) is 21.9 Å². The number of hydrogen-bond donors (Lipinski definition) is 0. The number of pyridine rings is 1. The maximum absolute atomic E-state index is 6.01. The quantitative estimate of drug-likeness (QED) is 0.522. The summed E-state index contributed by atoms with van der Waals surface area (Å²) in [7, 11) is 0. The van der Waals surface area contributed by atoms with E-state index in [2.05, 4.69) is 4.98 Å². The maximum Gasteiger partial charge on any atom is 0.146 e. The molecule has 0 atom stereocenters. The Hall–Kier alpha value is -1.54. The van der Waals surface area contributed by atoms with Gasteiger partial charge < -0.3 is 4.42 Å². The Balaban J connectivity index is 2.66. The van der Waals surface area contributed by atoms with Gasteiger partial charge in [0.15, 0.2) is 0 Å². The number of nitrogens with zero attached hydrogens (tertiary/aromatic N) is 1. The minimum atomic E-state index is 0.493. The highest BCUT2D eigenvalue weighted by Gasteiger charge is 2.07. The van der Waals surface area contributed by atoms with Gasteiger partial charge in [0.1, 0.15) is 10.7 Å². The van der Waals surface area contributed by atoms with Crippen LogP contribution < -0.4 is 0 Å². The molecule has 0 N–H and O–H groups in total. The monoisotopic (exact) mass is 203 g/mol. The zero-order valence-corrected chi connectivity index (χ0v) is 7.95. The second-order valence-electron chi connectivity index (χ2n) is 3.08. The van der Waals surface area contributed by atoms with Crippen molar-refractivity contribution in [3.05, 3.63) is 41.7 Å². The molecule has 0 unspecified atom stereocenters. The lowest BCUT2D eigenvalue weighted by atomic mass is 10.2. The Morgan fingerprint density at radius 3 is 2.86 bits per heavy atom. The second-order valence-corrected chi connectivity index (χ2v) is 3.44. The number of hydrogen-bond acceptors (Lipinski definition) is 2. The summed E-state index contributed by atoms with van der Waals surface area (Å²) in [6.45, 7) is 0. The van der Waals surface area contributed by atoms with E-state index in [0.717, 1.165) is 21.9 Å². The van der Waals surface area contributed by atoms with Crippen molar-refractivity contribution < 1.29 is 4.42 Å². The van der Waals surface area contributed by atoms with Crippen LogP contribution in [0.5, 0.6) is 0 Å². The third-order valence-corrected chi connectivity index (χ3v) is 2.54. The van der Waals surface area contributed by atoms with E-state index in [4.69, 9.17) is 16.0 Å². The molecule has 0 spiro atoms. The molecule has 3 rings (SSSR count). The number of aromatic nitrogens is 1. The van der Waals surface area contributed by atoms with E-state index in [1.54, 1.807) is 6.26 Å². The van der Waals surface area contributed by atoms with Gasteiger partial charge in [-0.25, -0.2) is 4.98 Å². The fourth-order valence-electron chi connectivity index (χ4n) is 1.61. The summed E-state index contributed by atoms with van der Waals surface area (Å²) in [6, 6.07) is 9.62. The standard InChI is InChI=1S/C11H6ClNO/c12-11-8-5-6-14-10(8)7-3-1-2-4-9(7)13-11/h1-6H. The van der Waals surface area contributed by atoms with E-state index in [0.29, 0.717) is 5.15 Å². The molecule has 0 amide bonds. The Morgan fingerprint density at radius 2 is 1.93 bits per heavy atom. The molecule has 0 bridgehead atoms. The van der Waals surface area contributed by atoms with Crippen molar-refractivity contribution in [2.24, 2.45) is 0 Å². The summed E-state index contributed by atoms with van der Waals surface area (Å²) < 4.78 is 5.39. The molecule has 0 fully saturated rings. The number of furan rings is 1. The first kappa shape index (κ1) is 7.83. The van der Waals surface area contributed by atoms with E-state index in [1.165, 1.54) is 0 Å². The summed E-state index contributed by atoms with van der Waals surface area (Å²) in [5, 5.41) is 2.36. The Morgan fingerprint density at radius 1 is 1.07 bits per heavy atom. The SMILES string of the molecule is Clc1nc2ccccc2c2occc12. The average Bonchev–Trinajstić information content (AvgIpc) is 2.67. The molecule has 68 valence electrons. The third-order valence-electron chi connectivity index (χ3n) is 2.25. The van der Waals surface area contributed by atoms with Gasteiger partial charge in [-0.3, -0.25) is 0 Å². The highest BCUT2D eigenvalue weighted by Crippen LogP contribution is 2.29. The zero-order chi connectivity index (χ0) is 9.54. The molecule has 2 aromatic heterocycles. The number of halogens is 1. The average molecular weight is 204 g/mol. The van der Waals surface area contributed by atoms with Gasteiger partial charge >= 0.3 is 0 Å². The van der Waals surface area contributed by atoms with Gasteiger partial charge in [0.25, 0.3) is 0 Å². The van der Waals surface area contributed by atoms with Gasteiger partial charge in [-0.05, 0) is 18.2 Å². The molecule has 0 saturated heterocycles. The second kappa shape index (κ2) is 2.72. The van der Waals surface area contributed by atoms with E-state index in [9.17, 15) is 0 Å². The summed E-state index contributed by atoms with van der Waals surface area (Å²) >= 11 is 6.01. The molecular formula is C11H6ClNO. The smallest absolute Gasteiger partial charge is 0.146 e. The molecule has 14 heavy (non-hydrogen) atoms. The summed E-state index contributed by atoms with van der Waals surface area (Å²) in [5.41, 5.74) is 1.67. The summed E-state index contributed by atoms with van der Waals surface area (Å²) in [6.07, 6.45) is 1.63. The predicted molar refractivity (Wildman–Crippen MR) is 56.5 cm³/mol. The first-order valence-electron chi connectivity index (χ1n) is 4.28. The molecular weight excluding hydrogens is 198 g/mol. The molecule has 2 heterocycles. The molecule has 0 radical (unpaired) electrons. The maximum atomic E-state index is 6.01. The van der Waals surface area contributed by atoms with Crippen LogP contribution in [0.4, 0.5) is 0 Å². The fourth-order valence-corrected chi connectivity index (χ4v) is 1.85. The van der Waals surface area contributed by atoms with Gasteiger partial charge in [-0.15, -0.1) is 0 Å². The lowest BCUT2D eigenvalue weighted by molar-refractivity contribution is 0.619. The minimum Gasteiger partial charge on any atom is -0.464 e. The molecule has 0 aliphatic rings. The largest absolute Gasteiger partial charge is 0.464 e. The number of benzene rings is 1. The van der Waals surface area contributed by atoms with Crippen LogP contribution in [-0.2, 0) is 0 Å². The van der Waals surface area contributed by atoms with Crippen molar-refractivity contribution in [2.75, 3.05) is 0 Å². The highest BCUT2D eigenvalue weighted by molar-refractivity contribution is 6.35. The number of fused-ring (bicyclic) bond motifs is 3. The van der Waals surface area contributed by atoms with Crippen LogP contribution in [0.3, 0.4) is 0 Å². The summed E-state index contributed by atoms with van der Waals surface area (Å²) in [5.74, 6) is 0. The molecule has 3 aromatic rings. The van der Waals surface area contributed by atoms with Gasteiger partial charge in [-0.1, -0.05) is 23.7 Å². The zero-order valence-electron chi connectivity index (χ0n) is 7.20. The number of rotatable bonds is 0. The summed E-state index contributed by atoms with van der Waals surface area (Å²) in [4.78, 5) is 4.28. The lowest BCUT2D eigenvalue weighted by Gasteiger charge is -1.98. The van der Waals surface area contributed by atoms with Crippen molar-refractivity contribution in [3.8, 4) is 0 Å². The van der Waals surface area contributed by atoms with Crippen molar-refractivity contribution in [2.45, 2.75) is 0 Å². The molecule has 2 nitrogen and oxygen atoms in total. The van der Waals surface area contributed by atoms with Crippen LogP contribution in [0, 0.1) is 0 Å². The fraction of sp³-hybridized carbons (Fsp3) is 0. The first-order chi connectivity index (χ1) is 6.86. The van der Waals surface area contributed by atoms with Crippen LogP contribution in [0.15, 0.2) is 41.0 Å². The first-order valence-corrected chi connectivity index (χ1v) is 4.65. The van der Waals surface area contributed by atoms with Crippen LogP contribution in [0.2, 0.25) is 5.15 Å². The number of para-hydroxylation sites is 1. The Kier molecular flexibility index (Phi) is 1.52. The van der Waals surface area contributed by atoms with Crippen molar-refractivity contribution in [1.29, 1.82) is 0 Å². The molecule has 0 aliphatic heterocycles. The van der Waals surface area contributed by atoms with Gasteiger partial charge in [-0.2, -0.15) is 0 Å². The Bertz CT molecular complexity index is 615. The van der Waals surface area contributed by atoms with Crippen LogP contribution in [0.1, 0.15) is 0 Å².